The third-order valence-electron chi connectivity index (χ3n) is 4.52. The molecule has 3 N–H and O–H groups in total. The van der Waals surface area contributed by atoms with Crippen LogP contribution in [0, 0.1) is 0 Å². The number of H-pyrrole nitrogens is 1. The third kappa shape index (κ3) is 3.25. The number of hydrogen-bond acceptors (Lipinski definition) is 4. The number of benzene rings is 2. The number of halogens is 2. The summed E-state index contributed by atoms with van der Waals surface area (Å²) in [6, 6.07) is 12.6. The maximum atomic E-state index is 12.8. The summed E-state index contributed by atoms with van der Waals surface area (Å²) in [7, 11) is 0. The molecule has 0 radical (unpaired) electrons. The molecule has 0 saturated heterocycles. The quantitative estimate of drug-likeness (QED) is 0.492. The Labute approximate surface area is 171 Å². The molecule has 6 nitrogen and oxygen atoms in total. The van der Waals surface area contributed by atoms with E-state index in [4.69, 9.17) is 28.9 Å². The lowest BCUT2D eigenvalue weighted by Gasteiger charge is -2.11. The van der Waals surface area contributed by atoms with Crippen LogP contribution in [0.25, 0.3) is 17.1 Å². The number of anilines is 1. The van der Waals surface area contributed by atoms with Gasteiger partial charge in [0, 0.05) is 17.8 Å². The number of nitrogens with two attached hydrogens (primary N) is 1. The molecule has 0 aromatic heterocycles. The van der Waals surface area contributed by atoms with Gasteiger partial charge in [0.1, 0.15) is 17.1 Å². The number of aromatic amines is 1. The molecule has 0 atom stereocenters. The van der Waals surface area contributed by atoms with Gasteiger partial charge in [0.05, 0.1) is 10.0 Å². The molecule has 0 unspecified atom stereocenters. The van der Waals surface area contributed by atoms with Crippen LogP contribution in [0.5, 0.6) is 0 Å². The summed E-state index contributed by atoms with van der Waals surface area (Å²) in [5.74, 6) is 0.873. The van der Waals surface area contributed by atoms with E-state index in [1.165, 1.54) is 0 Å². The van der Waals surface area contributed by atoms with E-state index in [1.807, 2.05) is 19.1 Å². The van der Waals surface area contributed by atoms with Crippen LogP contribution in [0.4, 0.5) is 5.69 Å². The Bertz CT molecular complexity index is 1160. The Kier molecular flexibility index (Phi) is 4.83. The van der Waals surface area contributed by atoms with E-state index in [0.717, 1.165) is 11.3 Å². The van der Waals surface area contributed by atoms with Crippen molar-refractivity contribution in [2.75, 3.05) is 5.73 Å². The average molecular weight is 414 g/mol. The second-order valence-electron chi connectivity index (χ2n) is 6.41. The van der Waals surface area contributed by atoms with Crippen molar-refractivity contribution in [2.24, 2.45) is 0 Å². The van der Waals surface area contributed by atoms with E-state index in [0.29, 0.717) is 51.5 Å². The number of fused-ring (bicyclic) bond motifs is 1. The molecule has 8 heteroatoms. The van der Waals surface area contributed by atoms with Gasteiger partial charge in [-0.15, -0.1) is 0 Å². The van der Waals surface area contributed by atoms with Crippen molar-refractivity contribution < 1.29 is 0 Å². The molecule has 2 heterocycles. The molecule has 0 fully saturated rings. The van der Waals surface area contributed by atoms with E-state index in [9.17, 15) is 4.79 Å². The number of aryl methyl sites for hydroxylation is 1. The van der Waals surface area contributed by atoms with Gasteiger partial charge in [-0.2, -0.15) is 4.98 Å². The fourth-order valence-electron chi connectivity index (χ4n) is 3.16. The standard InChI is InChI=1S/C20H17Cl2N5O/c1-2-15-17-19(27(26-15)18-13(21)4-3-5-14(18)22)24-16(25-20(17)28)10-11-6-8-12(23)9-7-11/h3-9,26H,2,10,23H2,1H3. The van der Waals surface area contributed by atoms with Crippen LogP contribution < -0.4 is 11.3 Å². The van der Waals surface area contributed by atoms with Gasteiger partial charge in [0.2, 0.25) is 0 Å². The number of nitrogens with one attached hydrogen (secondary N) is 1. The lowest BCUT2D eigenvalue weighted by molar-refractivity contribution is 0.827. The number of para-hydroxylation sites is 1. The minimum atomic E-state index is -0.328. The van der Waals surface area contributed by atoms with Crippen LogP contribution in [-0.4, -0.2) is 19.7 Å². The van der Waals surface area contributed by atoms with Gasteiger partial charge < -0.3 is 5.73 Å². The molecule has 0 saturated carbocycles. The van der Waals surface area contributed by atoms with Crippen molar-refractivity contribution in [3.05, 3.63) is 79.9 Å². The lowest BCUT2D eigenvalue weighted by Crippen LogP contribution is -2.17. The van der Waals surface area contributed by atoms with Crippen molar-refractivity contribution >= 4 is 28.9 Å². The summed E-state index contributed by atoms with van der Waals surface area (Å²) in [6.45, 7) is 1.95. The number of rotatable bonds is 4. The van der Waals surface area contributed by atoms with Crippen LogP contribution in [0.1, 0.15) is 24.0 Å². The van der Waals surface area contributed by atoms with Crippen LogP contribution in [-0.2, 0) is 12.8 Å². The Morgan fingerprint density at radius 1 is 1.07 bits per heavy atom. The second kappa shape index (κ2) is 7.30. The van der Waals surface area contributed by atoms with E-state index < -0.39 is 0 Å². The Morgan fingerprint density at radius 3 is 2.39 bits per heavy atom. The van der Waals surface area contributed by atoms with Gasteiger partial charge >= 0.3 is 0 Å². The summed E-state index contributed by atoms with van der Waals surface area (Å²) in [6.07, 6.45) is 1.02. The van der Waals surface area contributed by atoms with Crippen molar-refractivity contribution in [3.8, 4) is 17.1 Å². The summed E-state index contributed by atoms with van der Waals surface area (Å²) in [4.78, 5) is 21.6. The Morgan fingerprint density at radius 2 is 1.75 bits per heavy atom. The van der Waals surface area contributed by atoms with Gasteiger partial charge in [-0.3, -0.25) is 9.89 Å². The first-order chi connectivity index (χ1) is 13.5. The maximum Gasteiger partial charge on any atom is 0.284 e. The van der Waals surface area contributed by atoms with Crippen LogP contribution in [0.2, 0.25) is 10.0 Å². The highest BCUT2D eigenvalue weighted by molar-refractivity contribution is 6.37. The summed E-state index contributed by atoms with van der Waals surface area (Å²) in [5, 5.41) is 4.11. The first-order valence-electron chi connectivity index (χ1n) is 8.77. The van der Waals surface area contributed by atoms with Crippen LogP contribution in [0.3, 0.4) is 0 Å². The fourth-order valence-corrected chi connectivity index (χ4v) is 3.73. The van der Waals surface area contributed by atoms with E-state index in [1.54, 1.807) is 35.0 Å². The SMILES string of the molecule is CCc1[nH]n(-c2c(Cl)cccc2Cl)c2nc(Cc3ccc(N)cc3)nc(=O)c1-2. The Balaban J connectivity index is 1.90. The maximum absolute atomic E-state index is 12.8. The van der Waals surface area contributed by atoms with Crippen molar-refractivity contribution in [2.45, 2.75) is 19.8 Å². The topological polar surface area (TPSA) is 89.6 Å². The third-order valence-corrected chi connectivity index (χ3v) is 5.13. The molecular formula is C20H17Cl2N5O. The zero-order valence-electron chi connectivity index (χ0n) is 15.0. The highest BCUT2D eigenvalue weighted by Gasteiger charge is 2.24. The van der Waals surface area contributed by atoms with Crippen LogP contribution in [0.15, 0.2) is 47.3 Å². The molecule has 142 valence electrons. The first-order valence-corrected chi connectivity index (χ1v) is 9.53. The molecule has 2 aromatic rings. The predicted octanol–water partition coefficient (Wildman–Crippen LogP) is 4.10. The minimum absolute atomic E-state index is 0.328. The molecule has 2 aromatic carbocycles. The second-order valence-corrected chi connectivity index (χ2v) is 7.23. The van der Waals surface area contributed by atoms with Crippen molar-refractivity contribution in [1.29, 1.82) is 0 Å². The first kappa shape index (κ1) is 18.5. The van der Waals surface area contributed by atoms with Gasteiger partial charge in [-0.05, 0) is 36.2 Å². The molecule has 0 aliphatic carbocycles. The fraction of sp³-hybridized carbons (Fsp3) is 0.150. The van der Waals surface area contributed by atoms with Crippen LogP contribution >= 0.6 is 23.2 Å². The van der Waals surface area contributed by atoms with Gasteiger partial charge in [0.25, 0.3) is 5.56 Å². The predicted molar refractivity (Wildman–Crippen MR) is 112 cm³/mol. The molecule has 2 aliphatic rings. The molecule has 2 aliphatic heterocycles. The number of nitrogen functional groups attached to an aromatic ring is 1. The zero-order chi connectivity index (χ0) is 19.8. The zero-order valence-corrected chi connectivity index (χ0v) is 16.6. The van der Waals surface area contributed by atoms with Gasteiger partial charge in [0.15, 0.2) is 5.82 Å². The number of nitrogens with zero attached hydrogens (tertiary/aromatic N) is 3. The molecule has 4 rings (SSSR count). The smallest absolute Gasteiger partial charge is 0.284 e. The molecule has 0 bridgehead atoms. The highest BCUT2D eigenvalue weighted by atomic mass is 35.5. The minimum Gasteiger partial charge on any atom is -0.399 e. The normalized spacial score (nSPS) is 11.2. The summed E-state index contributed by atoms with van der Waals surface area (Å²) >= 11 is 12.8. The van der Waals surface area contributed by atoms with Crippen molar-refractivity contribution in [3.63, 3.8) is 0 Å². The molecular weight excluding hydrogens is 397 g/mol. The van der Waals surface area contributed by atoms with Gasteiger partial charge in [-0.1, -0.05) is 48.3 Å². The summed E-state index contributed by atoms with van der Waals surface area (Å²) < 4.78 is 1.66. The largest absolute Gasteiger partial charge is 0.399 e. The Hall–Kier alpha value is -2.83. The monoisotopic (exact) mass is 413 g/mol. The average Bonchev–Trinajstić information content (AvgIpc) is 3.02. The van der Waals surface area contributed by atoms with Gasteiger partial charge in [-0.25, -0.2) is 9.67 Å². The summed E-state index contributed by atoms with van der Waals surface area (Å²) in [5.41, 5.74) is 8.77. The molecule has 0 amide bonds. The molecule has 28 heavy (non-hydrogen) atoms. The molecule has 0 spiro atoms. The highest BCUT2D eigenvalue weighted by Crippen LogP contribution is 2.32. The lowest BCUT2D eigenvalue weighted by atomic mass is 10.1. The van der Waals surface area contributed by atoms with E-state index >= 15 is 0 Å². The van der Waals surface area contributed by atoms with E-state index in [2.05, 4.69) is 15.1 Å². The van der Waals surface area contributed by atoms with Crippen molar-refractivity contribution in [1.82, 2.24) is 19.7 Å². The number of aromatic nitrogens is 4. The van der Waals surface area contributed by atoms with E-state index in [-0.39, 0.29) is 5.56 Å². The number of hydrogen-bond donors (Lipinski definition) is 2.